The van der Waals surface area contributed by atoms with Gasteiger partial charge >= 0.3 is 0 Å². The van der Waals surface area contributed by atoms with Crippen molar-refractivity contribution in [2.24, 2.45) is 5.73 Å². The summed E-state index contributed by atoms with van der Waals surface area (Å²) in [6, 6.07) is 6.13. The normalized spacial score (nSPS) is 20.2. The van der Waals surface area contributed by atoms with E-state index in [1.807, 2.05) is 30.0 Å². The van der Waals surface area contributed by atoms with Gasteiger partial charge in [-0.05, 0) is 73.4 Å². The van der Waals surface area contributed by atoms with Gasteiger partial charge in [0.25, 0.3) is 5.91 Å². The minimum Gasteiger partial charge on any atom is -0.334 e. The molecule has 2 N–H and O–H groups in total. The van der Waals surface area contributed by atoms with Crippen molar-refractivity contribution in [2.75, 3.05) is 6.54 Å². The lowest BCUT2D eigenvalue weighted by molar-refractivity contribution is 0.0583. The highest BCUT2D eigenvalue weighted by Gasteiger charge is 2.29. The molecule has 1 fully saturated rings. The van der Waals surface area contributed by atoms with Gasteiger partial charge in [-0.2, -0.15) is 0 Å². The molecule has 0 saturated carbocycles. The van der Waals surface area contributed by atoms with Crippen LogP contribution < -0.4 is 5.73 Å². The second-order valence-electron chi connectivity index (χ2n) is 5.38. The van der Waals surface area contributed by atoms with Gasteiger partial charge in [0, 0.05) is 27.8 Å². The molecule has 1 amide bonds. The second-order valence-corrected chi connectivity index (χ2v) is 6.55. The van der Waals surface area contributed by atoms with Crippen molar-refractivity contribution in [3.05, 3.63) is 32.9 Å². The Labute approximate surface area is 140 Å². The van der Waals surface area contributed by atoms with Crippen LogP contribution in [0.25, 0.3) is 0 Å². The van der Waals surface area contributed by atoms with Crippen LogP contribution >= 0.6 is 35.0 Å². The monoisotopic (exact) mass is 408 g/mol. The van der Waals surface area contributed by atoms with Crippen molar-refractivity contribution in [3.8, 4) is 0 Å². The van der Waals surface area contributed by atoms with E-state index in [0.29, 0.717) is 0 Å². The zero-order chi connectivity index (χ0) is 14.0. The minimum atomic E-state index is 0. The number of carbonyl (C=O) groups excluding carboxylic acids is 1. The van der Waals surface area contributed by atoms with Crippen LogP contribution in [0, 0.1) is 10.5 Å². The first-order chi connectivity index (χ1) is 9.00. The van der Waals surface area contributed by atoms with Gasteiger partial charge in [0.05, 0.1) is 0 Å². The molecule has 0 aromatic heterocycles. The second kappa shape index (κ2) is 7.61. The molecule has 1 aromatic rings. The lowest BCUT2D eigenvalue weighted by atomic mass is 9.96. The van der Waals surface area contributed by atoms with Crippen LogP contribution in [0.3, 0.4) is 0 Å². The Morgan fingerprint density at radius 1 is 1.45 bits per heavy atom. The fraction of sp³-hybridized carbons (Fsp3) is 0.533. The average Bonchev–Trinajstić information content (AvgIpc) is 2.41. The number of hydrogen-bond donors (Lipinski definition) is 1. The number of aryl methyl sites for hydroxylation is 1. The highest BCUT2D eigenvalue weighted by molar-refractivity contribution is 14.1. The predicted molar refractivity (Wildman–Crippen MR) is 93.5 cm³/mol. The van der Waals surface area contributed by atoms with E-state index in [1.54, 1.807) is 0 Å². The van der Waals surface area contributed by atoms with Gasteiger partial charge in [-0.3, -0.25) is 4.79 Å². The molecule has 0 bridgehead atoms. The third kappa shape index (κ3) is 3.86. The Morgan fingerprint density at radius 3 is 2.75 bits per heavy atom. The number of carbonyl (C=O) groups is 1. The number of amides is 1. The molecular weight excluding hydrogens is 387 g/mol. The van der Waals surface area contributed by atoms with Crippen LogP contribution in [0.4, 0.5) is 0 Å². The predicted octanol–water partition coefficient (Wildman–Crippen LogP) is 3.36. The van der Waals surface area contributed by atoms with E-state index in [9.17, 15) is 4.79 Å². The summed E-state index contributed by atoms with van der Waals surface area (Å²) < 4.78 is 1.14. The zero-order valence-electron chi connectivity index (χ0n) is 11.9. The maximum absolute atomic E-state index is 12.6. The van der Waals surface area contributed by atoms with Crippen LogP contribution in [0.2, 0.25) is 0 Å². The smallest absolute Gasteiger partial charge is 0.254 e. The third-order valence-electron chi connectivity index (χ3n) is 3.84. The Balaban J connectivity index is 0.00000200. The maximum atomic E-state index is 12.6. The van der Waals surface area contributed by atoms with Crippen LogP contribution in [0.1, 0.15) is 42.1 Å². The lowest BCUT2D eigenvalue weighted by Gasteiger charge is -2.38. The van der Waals surface area contributed by atoms with E-state index in [0.717, 1.165) is 28.5 Å². The van der Waals surface area contributed by atoms with Gasteiger partial charge in [0.1, 0.15) is 0 Å². The highest BCUT2D eigenvalue weighted by Crippen LogP contribution is 2.22. The molecule has 3 nitrogen and oxygen atoms in total. The number of hydrogen-bond acceptors (Lipinski definition) is 2. The molecule has 2 rings (SSSR count). The number of piperidine rings is 1. The zero-order valence-corrected chi connectivity index (χ0v) is 14.9. The van der Waals surface area contributed by atoms with Crippen LogP contribution in [-0.2, 0) is 0 Å². The molecule has 1 saturated heterocycles. The summed E-state index contributed by atoms with van der Waals surface area (Å²) in [4.78, 5) is 14.6. The number of benzene rings is 1. The van der Waals surface area contributed by atoms with Gasteiger partial charge in [-0.25, -0.2) is 0 Å². The van der Waals surface area contributed by atoms with E-state index < -0.39 is 0 Å². The van der Waals surface area contributed by atoms with Gasteiger partial charge in [-0.15, -0.1) is 12.4 Å². The SMILES string of the molecule is Cc1ccc(C(=O)N2CCCCC2C(C)N)cc1I.Cl. The van der Waals surface area contributed by atoms with Crippen molar-refractivity contribution in [3.63, 3.8) is 0 Å². The number of halogens is 2. The van der Waals surface area contributed by atoms with Crippen molar-refractivity contribution < 1.29 is 4.79 Å². The molecule has 0 spiro atoms. The molecule has 0 aliphatic carbocycles. The Kier molecular flexibility index (Phi) is 6.75. The van der Waals surface area contributed by atoms with E-state index in [2.05, 4.69) is 29.5 Å². The summed E-state index contributed by atoms with van der Waals surface area (Å²) in [7, 11) is 0. The fourth-order valence-corrected chi connectivity index (χ4v) is 3.16. The van der Waals surface area contributed by atoms with Gasteiger partial charge < -0.3 is 10.6 Å². The molecule has 5 heteroatoms. The Morgan fingerprint density at radius 2 is 2.15 bits per heavy atom. The average molecular weight is 409 g/mol. The van der Waals surface area contributed by atoms with E-state index >= 15 is 0 Å². The van der Waals surface area contributed by atoms with Gasteiger partial charge in [0.15, 0.2) is 0 Å². The van der Waals surface area contributed by atoms with Crippen molar-refractivity contribution in [1.82, 2.24) is 4.90 Å². The van der Waals surface area contributed by atoms with Crippen molar-refractivity contribution >= 4 is 40.9 Å². The topological polar surface area (TPSA) is 46.3 Å². The number of nitrogens with two attached hydrogens (primary N) is 1. The molecule has 1 aliphatic rings. The first-order valence-electron chi connectivity index (χ1n) is 6.83. The third-order valence-corrected chi connectivity index (χ3v) is 5.00. The van der Waals surface area contributed by atoms with Gasteiger partial charge in [0.2, 0.25) is 0 Å². The summed E-state index contributed by atoms with van der Waals surface area (Å²) in [5.41, 5.74) is 8.02. The fourth-order valence-electron chi connectivity index (χ4n) is 2.65. The number of likely N-dealkylation sites (tertiary alicyclic amines) is 1. The summed E-state index contributed by atoms with van der Waals surface area (Å²) in [5.74, 6) is 0.125. The first-order valence-corrected chi connectivity index (χ1v) is 7.91. The van der Waals surface area contributed by atoms with E-state index in [1.165, 1.54) is 12.0 Å². The van der Waals surface area contributed by atoms with E-state index in [-0.39, 0.29) is 30.4 Å². The lowest BCUT2D eigenvalue weighted by Crippen LogP contribution is -2.51. The molecule has 1 heterocycles. The van der Waals surface area contributed by atoms with Crippen LogP contribution in [-0.4, -0.2) is 29.4 Å². The Bertz CT molecular complexity index is 479. The summed E-state index contributed by atoms with van der Waals surface area (Å²) in [6.07, 6.45) is 3.27. The number of rotatable bonds is 2. The Hall–Kier alpha value is -0.330. The van der Waals surface area contributed by atoms with Crippen molar-refractivity contribution in [1.29, 1.82) is 0 Å². The molecule has 20 heavy (non-hydrogen) atoms. The standard InChI is InChI=1S/C15H21IN2O.ClH/c1-10-6-7-12(9-13(10)16)15(19)18-8-4-3-5-14(18)11(2)17;/h6-7,9,11,14H,3-5,8,17H2,1-2H3;1H. The summed E-state index contributed by atoms with van der Waals surface area (Å²) >= 11 is 2.28. The molecule has 2 unspecified atom stereocenters. The molecular formula is C15H22ClIN2O. The van der Waals surface area contributed by atoms with Crippen LogP contribution in [0.15, 0.2) is 18.2 Å². The number of nitrogens with zero attached hydrogens (tertiary/aromatic N) is 1. The quantitative estimate of drug-likeness (QED) is 0.763. The van der Waals surface area contributed by atoms with Crippen LogP contribution in [0.5, 0.6) is 0 Å². The first kappa shape index (κ1) is 17.7. The molecule has 0 radical (unpaired) electrons. The maximum Gasteiger partial charge on any atom is 0.254 e. The summed E-state index contributed by atoms with van der Waals surface area (Å²) in [5, 5.41) is 0. The molecule has 112 valence electrons. The largest absolute Gasteiger partial charge is 0.334 e. The minimum absolute atomic E-state index is 0. The molecule has 1 aliphatic heterocycles. The van der Waals surface area contributed by atoms with Crippen molar-refractivity contribution in [2.45, 2.75) is 45.2 Å². The van der Waals surface area contributed by atoms with Gasteiger partial charge in [-0.1, -0.05) is 6.07 Å². The highest BCUT2D eigenvalue weighted by atomic mass is 127. The summed E-state index contributed by atoms with van der Waals surface area (Å²) in [6.45, 7) is 4.88. The molecule has 1 aromatic carbocycles. The molecule has 2 atom stereocenters. The van der Waals surface area contributed by atoms with E-state index in [4.69, 9.17) is 5.73 Å².